The van der Waals surface area contributed by atoms with Crippen LogP contribution in [0, 0.1) is 5.92 Å². The highest BCUT2D eigenvalue weighted by molar-refractivity contribution is 5.80. The number of rotatable bonds is 6. The van der Waals surface area contributed by atoms with Crippen molar-refractivity contribution >= 4 is 17.1 Å². The first-order valence-electron chi connectivity index (χ1n) is 8.41. The molecule has 5 nitrogen and oxygen atoms in total. The lowest BCUT2D eigenvalue weighted by Crippen LogP contribution is -2.45. The molecular formula is C19H28N2O3. The highest BCUT2D eigenvalue weighted by Gasteiger charge is 2.19. The number of alkyl carbamates (subject to hydrolysis) is 1. The van der Waals surface area contributed by atoms with Crippen molar-refractivity contribution in [3.05, 3.63) is 36.1 Å². The van der Waals surface area contributed by atoms with Crippen LogP contribution in [0.25, 0.3) is 11.0 Å². The summed E-state index contributed by atoms with van der Waals surface area (Å²) in [6.07, 6.45) is 1.40. The fourth-order valence-corrected chi connectivity index (χ4v) is 2.46. The van der Waals surface area contributed by atoms with Crippen molar-refractivity contribution in [3.8, 4) is 0 Å². The minimum absolute atomic E-state index is 0.145. The summed E-state index contributed by atoms with van der Waals surface area (Å²) in [5, 5.41) is 7.46. The largest absolute Gasteiger partial charge is 0.464 e. The molecule has 132 valence electrons. The third kappa shape index (κ3) is 5.27. The zero-order valence-electron chi connectivity index (χ0n) is 15.2. The number of benzene rings is 1. The topological polar surface area (TPSA) is 63.5 Å². The van der Waals surface area contributed by atoms with Gasteiger partial charge < -0.3 is 19.8 Å². The summed E-state index contributed by atoms with van der Waals surface area (Å²) in [5.41, 5.74) is 1.52. The molecule has 24 heavy (non-hydrogen) atoms. The maximum absolute atomic E-state index is 11.8. The first-order valence-corrected chi connectivity index (χ1v) is 8.41. The second kappa shape index (κ2) is 7.71. The Morgan fingerprint density at radius 1 is 1.25 bits per heavy atom. The van der Waals surface area contributed by atoms with Crippen LogP contribution in [-0.4, -0.2) is 24.3 Å². The highest BCUT2D eigenvalue weighted by atomic mass is 16.6. The van der Waals surface area contributed by atoms with Gasteiger partial charge in [0.2, 0.25) is 0 Å². The number of carbonyl (C=O) groups excluding carboxylic acids is 1. The van der Waals surface area contributed by atoms with Gasteiger partial charge in [-0.15, -0.1) is 0 Å². The third-order valence-corrected chi connectivity index (χ3v) is 3.79. The van der Waals surface area contributed by atoms with Gasteiger partial charge in [0.05, 0.1) is 6.26 Å². The van der Waals surface area contributed by atoms with Gasteiger partial charge in [-0.3, -0.25) is 0 Å². The van der Waals surface area contributed by atoms with Crippen LogP contribution >= 0.6 is 0 Å². The standard InChI is InChI=1S/C19H28N2O3/c1-13(2)16(11-21-18(22)24-19(3,4)5)20-10-14-12-23-17-9-7-6-8-15(14)17/h6-9,12-13,16,20H,10-11H2,1-5H3,(H,21,22). The van der Waals surface area contributed by atoms with Crippen LogP contribution in [0.5, 0.6) is 0 Å². The number of carbonyl (C=O) groups is 1. The maximum atomic E-state index is 11.8. The van der Waals surface area contributed by atoms with Crippen molar-refractivity contribution in [2.45, 2.75) is 52.8 Å². The molecule has 0 fully saturated rings. The molecular weight excluding hydrogens is 304 g/mol. The van der Waals surface area contributed by atoms with Gasteiger partial charge in [-0.1, -0.05) is 32.0 Å². The highest BCUT2D eigenvalue weighted by Crippen LogP contribution is 2.20. The van der Waals surface area contributed by atoms with Gasteiger partial charge in [0, 0.05) is 30.1 Å². The van der Waals surface area contributed by atoms with E-state index in [1.165, 1.54) is 0 Å². The van der Waals surface area contributed by atoms with E-state index in [0.717, 1.165) is 16.5 Å². The maximum Gasteiger partial charge on any atom is 0.407 e. The van der Waals surface area contributed by atoms with Gasteiger partial charge in [-0.2, -0.15) is 0 Å². The van der Waals surface area contributed by atoms with E-state index in [1.807, 2.05) is 39.0 Å². The van der Waals surface area contributed by atoms with Gasteiger partial charge in [-0.05, 0) is 32.8 Å². The van der Waals surface area contributed by atoms with Gasteiger partial charge in [0.1, 0.15) is 11.2 Å². The van der Waals surface area contributed by atoms with Crippen molar-refractivity contribution in [1.29, 1.82) is 0 Å². The van der Waals surface area contributed by atoms with Gasteiger partial charge in [0.15, 0.2) is 0 Å². The molecule has 2 rings (SSSR count). The zero-order valence-corrected chi connectivity index (χ0v) is 15.2. The van der Waals surface area contributed by atoms with Crippen LogP contribution in [0.3, 0.4) is 0 Å². The number of para-hydroxylation sites is 1. The molecule has 0 aliphatic rings. The number of ether oxygens (including phenoxy) is 1. The Bertz CT molecular complexity index is 671. The summed E-state index contributed by atoms with van der Waals surface area (Å²) >= 11 is 0. The van der Waals surface area contributed by atoms with Gasteiger partial charge in [0.25, 0.3) is 0 Å². The number of hydrogen-bond acceptors (Lipinski definition) is 4. The Kier molecular flexibility index (Phi) is 5.89. The molecule has 1 atom stereocenters. The lowest BCUT2D eigenvalue weighted by Gasteiger charge is -2.24. The minimum Gasteiger partial charge on any atom is -0.464 e. The first kappa shape index (κ1) is 18.3. The van der Waals surface area contributed by atoms with E-state index in [1.54, 1.807) is 6.26 Å². The van der Waals surface area contributed by atoms with Crippen LogP contribution in [0.15, 0.2) is 34.9 Å². The molecule has 5 heteroatoms. The molecule has 2 N–H and O–H groups in total. The van der Waals surface area contributed by atoms with Crippen molar-refractivity contribution in [2.24, 2.45) is 5.92 Å². The summed E-state index contributed by atoms with van der Waals surface area (Å²) in [6.45, 7) is 11.0. The summed E-state index contributed by atoms with van der Waals surface area (Å²) in [4.78, 5) is 11.8. The first-order chi connectivity index (χ1) is 11.3. The van der Waals surface area contributed by atoms with Gasteiger partial charge in [-0.25, -0.2) is 4.79 Å². The van der Waals surface area contributed by atoms with Crippen LogP contribution in [0.2, 0.25) is 0 Å². The molecule has 0 spiro atoms. The quantitative estimate of drug-likeness (QED) is 0.837. The molecule has 1 aromatic carbocycles. The normalized spacial score (nSPS) is 13.2. The van der Waals surface area contributed by atoms with Gasteiger partial charge >= 0.3 is 6.09 Å². The van der Waals surface area contributed by atoms with Crippen molar-refractivity contribution in [2.75, 3.05) is 6.54 Å². The van der Waals surface area contributed by atoms with E-state index >= 15 is 0 Å². The van der Waals surface area contributed by atoms with Crippen molar-refractivity contribution in [1.82, 2.24) is 10.6 Å². The lowest BCUT2D eigenvalue weighted by atomic mass is 10.0. The Hall–Kier alpha value is -2.01. The Morgan fingerprint density at radius 3 is 2.62 bits per heavy atom. The van der Waals surface area contributed by atoms with E-state index in [0.29, 0.717) is 19.0 Å². The molecule has 2 aromatic rings. The smallest absolute Gasteiger partial charge is 0.407 e. The number of hydrogen-bond donors (Lipinski definition) is 2. The van der Waals surface area contributed by atoms with Crippen LogP contribution in [-0.2, 0) is 11.3 Å². The van der Waals surface area contributed by atoms with E-state index in [9.17, 15) is 4.79 Å². The average Bonchev–Trinajstić information content (AvgIpc) is 2.88. The molecule has 0 bridgehead atoms. The number of furan rings is 1. The second-order valence-electron chi connectivity index (χ2n) is 7.37. The van der Waals surface area contributed by atoms with Crippen LogP contribution in [0.1, 0.15) is 40.2 Å². The molecule has 1 heterocycles. The van der Waals surface area contributed by atoms with E-state index < -0.39 is 5.60 Å². The third-order valence-electron chi connectivity index (χ3n) is 3.79. The fraction of sp³-hybridized carbons (Fsp3) is 0.526. The molecule has 1 amide bonds. The summed E-state index contributed by atoms with van der Waals surface area (Å²) in [5.74, 6) is 0.373. The Labute approximate surface area is 143 Å². The predicted octanol–water partition coefficient (Wildman–Crippen LogP) is 4.07. The number of nitrogens with one attached hydrogen (secondary N) is 2. The molecule has 0 saturated heterocycles. The van der Waals surface area contributed by atoms with E-state index in [-0.39, 0.29) is 12.1 Å². The minimum atomic E-state index is -0.486. The lowest BCUT2D eigenvalue weighted by molar-refractivity contribution is 0.0519. The zero-order chi connectivity index (χ0) is 17.7. The Morgan fingerprint density at radius 2 is 1.96 bits per heavy atom. The number of fused-ring (bicyclic) bond motifs is 1. The van der Waals surface area contributed by atoms with Crippen molar-refractivity contribution in [3.63, 3.8) is 0 Å². The van der Waals surface area contributed by atoms with Crippen molar-refractivity contribution < 1.29 is 13.9 Å². The molecule has 0 saturated carbocycles. The average molecular weight is 332 g/mol. The van der Waals surface area contributed by atoms with Crippen LogP contribution in [0.4, 0.5) is 4.79 Å². The SMILES string of the molecule is CC(C)C(CNC(=O)OC(C)(C)C)NCc1coc2ccccc12. The summed E-state index contributed by atoms with van der Waals surface area (Å²) in [7, 11) is 0. The summed E-state index contributed by atoms with van der Waals surface area (Å²) in [6, 6.07) is 8.13. The molecule has 0 aliphatic heterocycles. The van der Waals surface area contributed by atoms with E-state index in [4.69, 9.17) is 9.15 Å². The second-order valence-corrected chi connectivity index (χ2v) is 7.37. The number of amides is 1. The molecule has 0 radical (unpaired) electrons. The monoisotopic (exact) mass is 332 g/mol. The van der Waals surface area contributed by atoms with Crippen LogP contribution < -0.4 is 10.6 Å². The summed E-state index contributed by atoms with van der Waals surface area (Å²) < 4.78 is 10.8. The Balaban J connectivity index is 1.91. The molecule has 1 unspecified atom stereocenters. The predicted molar refractivity (Wildman–Crippen MR) is 95.9 cm³/mol. The molecule has 0 aliphatic carbocycles. The fourth-order valence-electron chi connectivity index (χ4n) is 2.46. The van der Waals surface area contributed by atoms with E-state index in [2.05, 4.69) is 30.5 Å². The molecule has 1 aromatic heterocycles.